The van der Waals surface area contributed by atoms with Crippen LogP contribution in [0.1, 0.15) is 0 Å². The molecule has 2 heterocycles. The second kappa shape index (κ2) is 1.73. The van der Waals surface area contributed by atoms with Gasteiger partial charge in [0.05, 0.1) is 18.1 Å². The van der Waals surface area contributed by atoms with Gasteiger partial charge in [-0.2, -0.15) is 0 Å². The first-order chi connectivity index (χ1) is 4.88. The Hall–Kier alpha value is -1.51. The van der Waals surface area contributed by atoms with Crippen LogP contribution in [0.4, 0.5) is 5.69 Å². The minimum absolute atomic E-state index is 0.586. The van der Waals surface area contributed by atoms with E-state index in [1.54, 1.807) is 18.7 Å². The van der Waals surface area contributed by atoms with E-state index in [1.165, 1.54) is 0 Å². The molecular formula is C7H6N2O. The van der Waals surface area contributed by atoms with Gasteiger partial charge in [-0.1, -0.05) is 0 Å². The van der Waals surface area contributed by atoms with Crippen LogP contribution in [0.3, 0.4) is 0 Å². The molecule has 0 spiro atoms. The third-order valence-corrected chi connectivity index (χ3v) is 1.39. The molecule has 0 saturated heterocycles. The van der Waals surface area contributed by atoms with E-state index in [-0.39, 0.29) is 0 Å². The number of anilines is 1. The number of nitrogen functional groups attached to an aromatic ring is 1. The first kappa shape index (κ1) is 5.29. The summed E-state index contributed by atoms with van der Waals surface area (Å²) < 4.78 is 5.08. The number of nitrogens with two attached hydrogens (primary N) is 1. The molecule has 0 amide bonds. The maximum Gasteiger partial charge on any atom is 0.159 e. The van der Waals surface area contributed by atoms with Crippen molar-refractivity contribution in [1.29, 1.82) is 0 Å². The van der Waals surface area contributed by atoms with E-state index in [0.717, 1.165) is 11.0 Å². The van der Waals surface area contributed by atoms with Crippen LogP contribution in [0.25, 0.3) is 11.0 Å². The Kier molecular flexibility index (Phi) is 0.917. The van der Waals surface area contributed by atoms with Crippen molar-refractivity contribution in [2.24, 2.45) is 0 Å². The molecule has 0 aliphatic rings. The Morgan fingerprint density at radius 2 is 2.30 bits per heavy atom. The van der Waals surface area contributed by atoms with Crippen molar-refractivity contribution >= 4 is 16.7 Å². The Balaban J connectivity index is 2.95. The zero-order chi connectivity index (χ0) is 6.97. The molecule has 2 aromatic heterocycles. The highest BCUT2D eigenvalue weighted by molar-refractivity contribution is 5.86. The summed E-state index contributed by atoms with van der Waals surface area (Å²) >= 11 is 0. The highest BCUT2D eigenvalue weighted by atomic mass is 16.3. The predicted octanol–water partition coefficient (Wildman–Crippen LogP) is 1.41. The van der Waals surface area contributed by atoms with Gasteiger partial charge >= 0.3 is 0 Å². The molecule has 2 N–H and O–H groups in total. The van der Waals surface area contributed by atoms with E-state index >= 15 is 0 Å². The smallest absolute Gasteiger partial charge is 0.159 e. The monoisotopic (exact) mass is 134 g/mol. The molecule has 3 heteroatoms. The zero-order valence-corrected chi connectivity index (χ0v) is 5.24. The first-order valence-corrected chi connectivity index (χ1v) is 2.94. The van der Waals surface area contributed by atoms with E-state index < -0.39 is 0 Å². The van der Waals surface area contributed by atoms with Crippen LogP contribution in [-0.2, 0) is 0 Å². The summed E-state index contributed by atoms with van der Waals surface area (Å²) in [6.07, 6.45) is 4.89. The Morgan fingerprint density at radius 1 is 1.40 bits per heavy atom. The molecule has 0 aromatic carbocycles. The molecule has 0 unspecified atom stereocenters. The van der Waals surface area contributed by atoms with Crippen LogP contribution >= 0.6 is 0 Å². The van der Waals surface area contributed by atoms with Gasteiger partial charge in [0.15, 0.2) is 5.58 Å². The number of hydrogen-bond acceptors (Lipinski definition) is 3. The Morgan fingerprint density at radius 3 is 3.10 bits per heavy atom. The maximum atomic E-state index is 5.54. The summed E-state index contributed by atoms with van der Waals surface area (Å²) in [7, 11) is 0. The highest BCUT2D eigenvalue weighted by Gasteiger charge is 1.98. The lowest BCUT2D eigenvalue weighted by Crippen LogP contribution is -1.84. The van der Waals surface area contributed by atoms with Crippen molar-refractivity contribution in [1.82, 2.24) is 4.98 Å². The summed E-state index contributed by atoms with van der Waals surface area (Å²) in [5.74, 6) is 0. The predicted molar refractivity (Wildman–Crippen MR) is 38.4 cm³/mol. The van der Waals surface area contributed by atoms with Gasteiger partial charge in [-0.3, -0.25) is 4.98 Å². The molecule has 0 aliphatic carbocycles. The van der Waals surface area contributed by atoms with Crippen molar-refractivity contribution < 1.29 is 4.42 Å². The van der Waals surface area contributed by atoms with Crippen molar-refractivity contribution in [2.75, 3.05) is 5.73 Å². The molecule has 50 valence electrons. The normalized spacial score (nSPS) is 10.4. The number of pyridine rings is 1. The van der Waals surface area contributed by atoms with Gasteiger partial charge in [0.25, 0.3) is 0 Å². The van der Waals surface area contributed by atoms with Crippen molar-refractivity contribution in [2.45, 2.75) is 0 Å². The SMILES string of the molecule is Nc1cncc2ccoc12. The van der Waals surface area contributed by atoms with Crippen LogP contribution < -0.4 is 5.73 Å². The van der Waals surface area contributed by atoms with Gasteiger partial charge in [-0.15, -0.1) is 0 Å². The average molecular weight is 134 g/mol. The number of aromatic nitrogens is 1. The fourth-order valence-electron chi connectivity index (χ4n) is 0.912. The van der Waals surface area contributed by atoms with Crippen LogP contribution in [0.15, 0.2) is 29.1 Å². The van der Waals surface area contributed by atoms with E-state index in [9.17, 15) is 0 Å². The number of rotatable bonds is 0. The molecule has 0 radical (unpaired) electrons. The molecule has 0 saturated carbocycles. The lowest BCUT2D eigenvalue weighted by molar-refractivity contribution is 0.617. The fourth-order valence-corrected chi connectivity index (χ4v) is 0.912. The van der Waals surface area contributed by atoms with Crippen LogP contribution in [-0.4, -0.2) is 4.98 Å². The minimum Gasteiger partial charge on any atom is -0.462 e. The number of nitrogens with zero attached hydrogens (tertiary/aromatic N) is 1. The largest absolute Gasteiger partial charge is 0.462 e. The third-order valence-electron chi connectivity index (χ3n) is 1.39. The van der Waals surface area contributed by atoms with E-state index in [2.05, 4.69) is 4.98 Å². The van der Waals surface area contributed by atoms with Gasteiger partial charge in [0.1, 0.15) is 0 Å². The standard InChI is InChI=1S/C7H6N2O/c8-6-4-9-3-5-1-2-10-7(5)6/h1-4H,8H2. The molecule has 0 aliphatic heterocycles. The van der Waals surface area contributed by atoms with Crippen LogP contribution in [0.5, 0.6) is 0 Å². The van der Waals surface area contributed by atoms with Gasteiger partial charge in [-0.25, -0.2) is 0 Å². The third kappa shape index (κ3) is 0.572. The molecule has 10 heavy (non-hydrogen) atoms. The number of fused-ring (bicyclic) bond motifs is 1. The summed E-state index contributed by atoms with van der Waals surface area (Å²) in [6.45, 7) is 0. The Bertz CT molecular complexity index is 353. The number of hydrogen-bond donors (Lipinski definition) is 1. The van der Waals surface area contributed by atoms with Gasteiger partial charge in [0.2, 0.25) is 0 Å². The second-order valence-electron chi connectivity index (χ2n) is 2.07. The molecule has 2 rings (SSSR count). The van der Waals surface area contributed by atoms with Crippen molar-refractivity contribution in [3.63, 3.8) is 0 Å². The zero-order valence-electron chi connectivity index (χ0n) is 5.24. The fraction of sp³-hybridized carbons (Fsp3) is 0. The molecule has 2 aromatic rings. The van der Waals surface area contributed by atoms with Crippen molar-refractivity contribution in [3.05, 3.63) is 24.7 Å². The Labute approximate surface area is 57.5 Å². The summed E-state index contributed by atoms with van der Waals surface area (Å²) in [6, 6.07) is 1.83. The molecular weight excluding hydrogens is 128 g/mol. The van der Waals surface area contributed by atoms with E-state index in [4.69, 9.17) is 10.2 Å². The summed E-state index contributed by atoms with van der Waals surface area (Å²) in [5, 5.41) is 0.944. The van der Waals surface area contributed by atoms with Crippen molar-refractivity contribution in [3.8, 4) is 0 Å². The lowest BCUT2D eigenvalue weighted by atomic mass is 10.3. The van der Waals surface area contributed by atoms with Crippen LogP contribution in [0, 0.1) is 0 Å². The quantitative estimate of drug-likeness (QED) is 0.592. The van der Waals surface area contributed by atoms with Gasteiger partial charge in [0, 0.05) is 11.6 Å². The average Bonchev–Trinajstić information content (AvgIpc) is 2.36. The molecule has 0 atom stereocenters. The van der Waals surface area contributed by atoms with Gasteiger partial charge < -0.3 is 10.2 Å². The van der Waals surface area contributed by atoms with Crippen LogP contribution in [0.2, 0.25) is 0 Å². The van der Waals surface area contributed by atoms with Gasteiger partial charge in [-0.05, 0) is 6.07 Å². The lowest BCUT2D eigenvalue weighted by Gasteiger charge is -1.90. The molecule has 0 bridgehead atoms. The van der Waals surface area contributed by atoms with E-state index in [1.807, 2.05) is 6.07 Å². The molecule has 0 fully saturated rings. The first-order valence-electron chi connectivity index (χ1n) is 2.94. The summed E-state index contributed by atoms with van der Waals surface area (Å²) in [5.41, 5.74) is 6.85. The molecule has 3 nitrogen and oxygen atoms in total. The maximum absolute atomic E-state index is 5.54. The second-order valence-corrected chi connectivity index (χ2v) is 2.07. The highest BCUT2D eigenvalue weighted by Crippen LogP contribution is 2.19. The summed E-state index contributed by atoms with van der Waals surface area (Å²) in [4.78, 5) is 3.90. The topological polar surface area (TPSA) is 52.0 Å². The van der Waals surface area contributed by atoms with E-state index in [0.29, 0.717) is 5.69 Å². The minimum atomic E-state index is 0.586. The number of furan rings is 1.